The number of hydrogen-bond acceptors (Lipinski definition) is 2. The van der Waals surface area contributed by atoms with Crippen molar-refractivity contribution in [2.75, 3.05) is 6.54 Å². The Bertz CT molecular complexity index is 2360. The molecule has 2 nitrogen and oxygen atoms in total. The normalized spacial score (nSPS) is 33.0. The highest BCUT2D eigenvalue weighted by Crippen LogP contribution is 2.62. The van der Waals surface area contributed by atoms with Crippen molar-refractivity contribution in [1.82, 2.24) is 10.2 Å². The zero-order chi connectivity index (χ0) is 34.9. The fraction of sp³-hybridized carbons (Fsp3) is 0.294. The third kappa shape index (κ3) is 5.12. The lowest BCUT2D eigenvalue weighted by atomic mass is 9.68. The first-order chi connectivity index (χ1) is 26.3. The lowest BCUT2D eigenvalue weighted by Gasteiger charge is -2.35. The smallest absolute Gasteiger partial charge is 0.118 e. The molecule has 0 spiro atoms. The van der Waals surface area contributed by atoms with E-state index in [1.165, 1.54) is 32.9 Å². The minimum absolute atomic E-state index is 0.315. The fourth-order valence-corrected chi connectivity index (χ4v) is 11.4. The van der Waals surface area contributed by atoms with E-state index in [1.807, 2.05) is 0 Å². The van der Waals surface area contributed by atoms with Gasteiger partial charge in [0.05, 0.1) is 5.70 Å². The average Bonchev–Trinajstić information content (AvgIpc) is 3.82. The van der Waals surface area contributed by atoms with Crippen LogP contribution in [0.2, 0.25) is 0 Å². The summed E-state index contributed by atoms with van der Waals surface area (Å²) in [6.45, 7) is 1.10. The number of nitrogens with one attached hydrogen (secondary N) is 1. The molecule has 11 rings (SSSR count). The second-order valence-corrected chi connectivity index (χ2v) is 16.5. The maximum Gasteiger partial charge on any atom is 0.118 e. The van der Waals surface area contributed by atoms with Crippen LogP contribution in [0.4, 0.5) is 0 Å². The van der Waals surface area contributed by atoms with E-state index in [0.29, 0.717) is 41.7 Å². The van der Waals surface area contributed by atoms with E-state index in [-0.39, 0.29) is 0 Å². The van der Waals surface area contributed by atoms with Crippen molar-refractivity contribution in [3.05, 3.63) is 201 Å². The molecule has 7 unspecified atom stereocenters. The lowest BCUT2D eigenvalue weighted by Crippen LogP contribution is -2.40. The van der Waals surface area contributed by atoms with Gasteiger partial charge in [-0.3, -0.25) is 0 Å². The summed E-state index contributed by atoms with van der Waals surface area (Å²) in [7, 11) is 0. The molecule has 0 amide bonds. The molecule has 1 saturated carbocycles. The molecule has 2 heterocycles. The zero-order valence-corrected chi connectivity index (χ0v) is 30.5. The molecule has 1 N–H and O–H groups in total. The number of nitrogens with zero attached hydrogens (tertiary/aromatic N) is 1. The van der Waals surface area contributed by atoms with Gasteiger partial charge in [0.1, 0.15) is 6.17 Å². The van der Waals surface area contributed by atoms with Crippen molar-refractivity contribution in [3.8, 4) is 0 Å². The molecule has 8 aliphatic carbocycles. The summed E-state index contributed by atoms with van der Waals surface area (Å²) in [5.41, 5.74) is 15.4. The predicted octanol–water partition coefficient (Wildman–Crippen LogP) is 9.43. The Kier molecular flexibility index (Phi) is 7.59. The lowest BCUT2D eigenvalue weighted by molar-refractivity contribution is 0.317. The van der Waals surface area contributed by atoms with E-state index in [4.69, 9.17) is 0 Å². The van der Waals surface area contributed by atoms with E-state index < -0.39 is 0 Å². The van der Waals surface area contributed by atoms with Crippen molar-refractivity contribution in [2.24, 2.45) is 35.5 Å². The predicted molar refractivity (Wildman–Crippen MR) is 219 cm³/mol. The van der Waals surface area contributed by atoms with Crippen molar-refractivity contribution in [2.45, 2.75) is 51.1 Å². The third-order valence-electron chi connectivity index (χ3n) is 13.7. The van der Waals surface area contributed by atoms with Crippen LogP contribution in [0.15, 0.2) is 191 Å². The maximum atomic E-state index is 3.79. The van der Waals surface area contributed by atoms with E-state index >= 15 is 0 Å². The Labute approximate surface area is 314 Å². The minimum Gasteiger partial charge on any atom is -0.361 e. The highest BCUT2D eigenvalue weighted by molar-refractivity contribution is 5.85. The van der Waals surface area contributed by atoms with Gasteiger partial charge < -0.3 is 10.2 Å². The van der Waals surface area contributed by atoms with Crippen molar-refractivity contribution >= 4 is 11.1 Å². The highest BCUT2D eigenvalue weighted by atomic mass is 15.3. The van der Waals surface area contributed by atoms with Gasteiger partial charge in [0.25, 0.3) is 0 Å². The van der Waals surface area contributed by atoms with Gasteiger partial charge in [-0.05, 0) is 112 Å². The molecular weight excluding hydrogens is 641 g/mol. The van der Waals surface area contributed by atoms with Crippen molar-refractivity contribution in [3.63, 3.8) is 0 Å². The molecule has 10 aliphatic rings. The minimum atomic E-state index is 0.315. The van der Waals surface area contributed by atoms with Crippen LogP contribution in [-0.2, 0) is 0 Å². The molecule has 0 aromatic heterocycles. The molecule has 0 saturated heterocycles. The van der Waals surface area contributed by atoms with Crippen LogP contribution in [0.3, 0.4) is 0 Å². The number of rotatable bonds is 5. The molecular formula is C51H48N2. The summed E-state index contributed by atoms with van der Waals surface area (Å²) in [6, 6.07) is 9.40. The van der Waals surface area contributed by atoms with Crippen LogP contribution in [0.25, 0.3) is 11.1 Å². The summed E-state index contributed by atoms with van der Waals surface area (Å²) in [5, 5.41) is 6.72. The third-order valence-corrected chi connectivity index (χ3v) is 13.7. The second-order valence-electron chi connectivity index (χ2n) is 16.5. The quantitative estimate of drug-likeness (QED) is 0.310. The Morgan fingerprint density at radius 2 is 1.19 bits per heavy atom. The van der Waals surface area contributed by atoms with Crippen LogP contribution >= 0.6 is 0 Å². The van der Waals surface area contributed by atoms with Crippen LogP contribution in [-0.4, -0.2) is 17.6 Å². The number of allylic oxidation sites excluding steroid dienone is 24. The van der Waals surface area contributed by atoms with Gasteiger partial charge in [-0.25, -0.2) is 0 Å². The Morgan fingerprint density at radius 1 is 0.547 bits per heavy atom. The fourth-order valence-electron chi connectivity index (χ4n) is 11.4. The molecule has 0 radical (unpaired) electrons. The molecule has 2 heteroatoms. The summed E-state index contributed by atoms with van der Waals surface area (Å²) in [5.74, 6) is 2.53. The van der Waals surface area contributed by atoms with Gasteiger partial charge in [0, 0.05) is 36.4 Å². The van der Waals surface area contributed by atoms with Crippen molar-refractivity contribution < 1.29 is 0 Å². The molecule has 0 bridgehead atoms. The van der Waals surface area contributed by atoms with E-state index in [1.54, 1.807) is 33.4 Å². The molecule has 2 aliphatic heterocycles. The maximum absolute atomic E-state index is 3.79. The second kappa shape index (κ2) is 12.8. The van der Waals surface area contributed by atoms with Gasteiger partial charge in [-0.15, -0.1) is 0 Å². The van der Waals surface area contributed by atoms with Crippen LogP contribution in [0.5, 0.6) is 0 Å². The average molecular weight is 689 g/mol. The van der Waals surface area contributed by atoms with Crippen LogP contribution in [0, 0.1) is 35.5 Å². The summed E-state index contributed by atoms with van der Waals surface area (Å²) >= 11 is 0. The first kappa shape index (κ1) is 31.4. The van der Waals surface area contributed by atoms with Gasteiger partial charge >= 0.3 is 0 Å². The summed E-state index contributed by atoms with van der Waals surface area (Å²) in [6.07, 6.45) is 56.3. The van der Waals surface area contributed by atoms with Gasteiger partial charge in [0.15, 0.2) is 0 Å². The monoisotopic (exact) mass is 688 g/mol. The molecule has 1 aromatic carbocycles. The molecule has 1 fully saturated rings. The summed E-state index contributed by atoms with van der Waals surface area (Å²) in [4.78, 5) is 2.45. The number of fused-ring (bicyclic) bond motifs is 5. The van der Waals surface area contributed by atoms with E-state index in [9.17, 15) is 0 Å². The standard InChI is InChI=1S/C51H48N2/c1-3-14-33(15-4-1)47-41-22-7-8-23-42(41)48(34-16-5-2-6-17-34)51-44-28-27-39(40-24-13-25-43(49(40)44)50(47)51)37-20-11-18-35(30-37)36-19-12-21-38(31-36)45-32-53-29-10-9-26-46(53)52-45/h1-3,5,7-9,11-14,16,18-28,32,35-36,40,46,49-52H,4,6,10,15,17,29-31H2. The summed E-state index contributed by atoms with van der Waals surface area (Å²) < 4.78 is 0. The first-order valence-corrected chi connectivity index (χ1v) is 20.3. The highest BCUT2D eigenvalue weighted by Gasteiger charge is 2.52. The van der Waals surface area contributed by atoms with Crippen LogP contribution < -0.4 is 15.8 Å². The van der Waals surface area contributed by atoms with Crippen LogP contribution in [0.1, 0.15) is 44.9 Å². The largest absolute Gasteiger partial charge is 0.361 e. The van der Waals surface area contributed by atoms with Gasteiger partial charge in [-0.1, -0.05) is 145 Å². The Morgan fingerprint density at radius 3 is 1.87 bits per heavy atom. The van der Waals surface area contributed by atoms with Gasteiger partial charge in [0.2, 0.25) is 0 Å². The molecule has 262 valence electrons. The van der Waals surface area contributed by atoms with Crippen molar-refractivity contribution in [1.29, 1.82) is 0 Å². The Hall–Kier alpha value is -5.08. The molecule has 53 heavy (non-hydrogen) atoms. The van der Waals surface area contributed by atoms with E-state index in [0.717, 1.165) is 51.5 Å². The first-order valence-electron chi connectivity index (χ1n) is 20.3. The van der Waals surface area contributed by atoms with E-state index in [2.05, 4.69) is 156 Å². The number of hydrogen-bond donors (Lipinski definition) is 1. The molecule has 7 atom stereocenters. The van der Waals surface area contributed by atoms with Gasteiger partial charge in [-0.2, -0.15) is 0 Å². The SMILES string of the molecule is C1=CCCC(C2=c3ccccc3=C(C3=CC=CCC3)C3C4=CC=C(C5=CC=CC(C6C=CC=C(C7=CN8CCC=CC8N7)C6)C5)C5C=CC=C(C45)C23)=C1. The number of benzene rings is 1. The zero-order valence-electron chi connectivity index (χ0n) is 30.5. The Balaban J connectivity index is 0.943. The molecule has 1 aromatic rings. The topological polar surface area (TPSA) is 15.3 Å².